The molecule has 1 aliphatic carbocycles. The van der Waals surface area contributed by atoms with E-state index in [2.05, 4.69) is 0 Å². The van der Waals surface area contributed by atoms with Crippen LogP contribution in [-0.4, -0.2) is 29.5 Å². The summed E-state index contributed by atoms with van der Waals surface area (Å²) in [6, 6.07) is 0. The number of nitrogens with zero attached hydrogens (tertiary/aromatic N) is 1. The Morgan fingerprint density at radius 1 is 1.15 bits per heavy atom. The second kappa shape index (κ2) is 10.6. The Balaban J connectivity index is 0.000000641. The molecule has 2 aliphatic rings. The monoisotopic (exact) mass is 283 g/mol. The van der Waals surface area contributed by atoms with Crippen molar-refractivity contribution in [3.63, 3.8) is 0 Å². The summed E-state index contributed by atoms with van der Waals surface area (Å²) in [4.78, 5) is 33.6. The molecule has 1 heterocycles. The quantitative estimate of drug-likeness (QED) is 0.577. The third-order valence-corrected chi connectivity index (χ3v) is 3.63. The maximum Gasteiger partial charge on any atom is 0.232 e. The maximum absolute atomic E-state index is 11.7. The van der Waals surface area contributed by atoms with Crippen LogP contribution in [0.1, 0.15) is 66.2 Å². The van der Waals surface area contributed by atoms with Crippen LogP contribution in [0.4, 0.5) is 0 Å². The molecular formula is C16H29NO3. The topological polar surface area (TPSA) is 54.5 Å². The Hall–Kier alpha value is -1.19. The molecule has 0 aromatic rings. The average molecular weight is 283 g/mol. The second-order valence-electron chi connectivity index (χ2n) is 5.19. The summed E-state index contributed by atoms with van der Waals surface area (Å²) < 4.78 is 0. The van der Waals surface area contributed by atoms with Gasteiger partial charge in [-0.2, -0.15) is 0 Å². The summed E-state index contributed by atoms with van der Waals surface area (Å²) in [5.41, 5.74) is 0. The van der Waals surface area contributed by atoms with Crippen molar-refractivity contribution in [2.45, 2.75) is 66.2 Å². The van der Waals surface area contributed by atoms with E-state index in [9.17, 15) is 9.59 Å². The zero-order chi connectivity index (χ0) is 15.5. The molecular weight excluding hydrogens is 254 g/mol. The van der Waals surface area contributed by atoms with Gasteiger partial charge < -0.3 is 4.79 Å². The highest BCUT2D eigenvalue weighted by Gasteiger charge is 2.36. The molecule has 4 heteroatoms. The van der Waals surface area contributed by atoms with Crippen molar-refractivity contribution in [2.24, 2.45) is 11.8 Å². The number of carbonyl (C=O) groups excluding carboxylic acids is 3. The molecule has 116 valence electrons. The van der Waals surface area contributed by atoms with E-state index in [4.69, 9.17) is 4.79 Å². The lowest BCUT2D eigenvalue weighted by Crippen LogP contribution is -2.35. The average Bonchev–Trinajstić information content (AvgIpc) is 2.70. The Labute approximate surface area is 122 Å². The molecule has 0 N–H and O–H groups in total. The Morgan fingerprint density at radius 2 is 1.65 bits per heavy atom. The lowest BCUT2D eigenvalue weighted by atomic mass is 9.89. The van der Waals surface area contributed by atoms with E-state index in [1.54, 1.807) is 0 Å². The van der Waals surface area contributed by atoms with Crippen LogP contribution in [0.2, 0.25) is 0 Å². The fraction of sp³-hybridized carbons (Fsp3) is 0.812. The van der Waals surface area contributed by atoms with Crippen LogP contribution >= 0.6 is 0 Å². The summed E-state index contributed by atoms with van der Waals surface area (Å²) in [5, 5.41) is 0. The normalized spacial score (nSPS) is 22.6. The van der Waals surface area contributed by atoms with Gasteiger partial charge >= 0.3 is 0 Å². The molecule has 1 aliphatic heterocycles. The predicted octanol–water partition coefficient (Wildman–Crippen LogP) is 3.19. The molecule has 2 fully saturated rings. The third kappa shape index (κ3) is 5.85. The highest BCUT2D eigenvalue weighted by atomic mass is 16.2. The number of rotatable bonds is 2. The number of amides is 2. The Kier molecular flexibility index (Phi) is 9.95. The lowest BCUT2D eigenvalue weighted by molar-refractivity contribution is -0.140. The fourth-order valence-electron chi connectivity index (χ4n) is 2.67. The number of aldehydes is 1. The molecule has 0 aromatic carbocycles. The molecule has 20 heavy (non-hydrogen) atoms. The predicted molar refractivity (Wildman–Crippen MR) is 80.2 cm³/mol. The van der Waals surface area contributed by atoms with Gasteiger partial charge in [0.1, 0.15) is 6.29 Å². The summed E-state index contributed by atoms with van der Waals surface area (Å²) >= 11 is 0. The first kappa shape index (κ1) is 18.8. The zero-order valence-electron chi connectivity index (χ0n) is 13.4. The van der Waals surface area contributed by atoms with E-state index < -0.39 is 0 Å². The largest absolute Gasteiger partial charge is 0.304 e. The Bertz CT molecular complexity index is 309. The first-order valence-corrected chi connectivity index (χ1v) is 7.84. The van der Waals surface area contributed by atoms with E-state index in [0.29, 0.717) is 18.9 Å². The maximum atomic E-state index is 11.7. The van der Waals surface area contributed by atoms with Gasteiger partial charge in [-0.15, -0.1) is 0 Å². The minimum Gasteiger partial charge on any atom is -0.304 e. The first-order valence-electron chi connectivity index (χ1n) is 7.84. The number of imide groups is 1. The van der Waals surface area contributed by atoms with Crippen molar-refractivity contribution in [3.8, 4) is 0 Å². The van der Waals surface area contributed by atoms with Crippen LogP contribution in [0.3, 0.4) is 0 Å². The van der Waals surface area contributed by atoms with Gasteiger partial charge in [-0.25, -0.2) is 0 Å². The molecule has 1 saturated heterocycles. The molecule has 1 unspecified atom stereocenters. The van der Waals surface area contributed by atoms with Crippen LogP contribution in [0, 0.1) is 11.8 Å². The highest BCUT2D eigenvalue weighted by Crippen LogP contribution is 2.27. The second-order valence-corrected chi connectivity index (χ2v) is 5.19. The zero-order valence-corrected chi connectivity index (χ0v) is 13.4. The van der Waals surface area contributed by atoms with Gasteiger partial charge in [0.25, 0.3) is 0 Å². The molecule has 1 atom stereocenters. The molecule has 1 saturated carbocycles. The molecule has 0 radical (unpaired) electrons. The van der Waals surface area contributed by atoms with Crippen LogP contribution in [0.15, 0.2) is 0 Å². The van der Waals surface area contributed by atoms with Crippen molar-refractivity contribution in [1.82, 2.24) is 4.90 Å². The third-order valence-electron chi connectivity index (χ3n) is 3.63. The number of carbonyl (C=O) groups is 3. The van der Waals surface area contributed by atoms with Crippen LogP contribution in [0.25, 0.3) is 0 Å². The van der Waals surface area contributed by atoms with Gasteiger partial charge in [-0.1, -0.05) is 40.0 Å². The number of hydrogen-bond acceptors (Lipinski definition) is 3. The molecule has 0 aromatic heterocycles. The first-order chi connectivity index (χ1) is 9.60. The lowest BCUT2D eigenvalue weighted by Gasteiger charge is -2.25. The summed E-state index contributed by atoms with van der Waals surface area (Å²) in [6.45, 7) is 7.98. The van der Waals surface area contributed by atoms with E-state index >= 15 is 0 Å². The summed E-state index contributed by atoms with van der Waals surface area (Å²) in [7, 11) is 0. The van der Waals surface area contributed by atoms with Crippen molar-refractivity contribution in [2.75, 3.05) is 6.54 Å². The van der Waals surface area contributed by atoms with Gasteiger partial charge in [0.05, 0.1) is 0 Å². The molecule has 2 rings (SSSR count). The van der Waals surface area contributed by atoms with E-state index in [1.807, 2.05) is 20.8 Å². The minimum atomic E-state index is -0.0823. The Morgan fingerprint density at radius 3 is 2.05 bits per heavy atom. The van der Waals surface area contributed by atoms with Gasteiger partial charge in [0.15, 0.2) is 0 Å². The fourth-order valence-corrected chi connectivity index (χ4v) is 2.67. The smallest absolute Gasteiger partial charge is 0.232 e. The van der Waals surface area contributed by atoms with E-state index in [1.165, 1.54) is 43.9 Å². The van der Waals surface area contributed by atoms with Crippen molar-refractivity contribution < 1.29 is 14.4 Å². The van der Waals surface area contributed by atoms with Crippen LogP contribution in [-0.2, 0) is 14.4 Å². The highest BCUT2D eigenvalue weighted by molar-refractivity contribution is 6.03. The van der Waals surface area contributed by atoms with Gasteiger partial charge in [0.2, 0.25) is 11.8 Å². The van der Waals surface area contributed by atoms with Gasteiger partial charge in [-0.3, -0.25) is 14.5 Å². The van der Waals surface area contributed by atoms with Gasteiger partial charge in [0, 0.05) is 18.9 Å². The minimum absolute atomic E-state index is 0.0399. The molecule has 0 spiro atoms. The molecule has 4 nitrogen and oxygen atoms in total. The number of hydrogen-bond donors (Lipinski definition) is 0. The van der Waals surface area contributed by atoms with Crippen molar-refractivity contribution in [1.29, 1.82) is 0 Å². The standard InChI is InChI=1S/C12H19NO2.C2H4O.C2H6/c1-9-7-11(14)13(12(9)15)8-10-5-3-2-4-6-10;1-2-3;1-2/h9-10H,2-8H2,1H3;2H,1H3;1-2H3. The SMILES string of the molecule is CC.CC1CC(=O)N(CC2CCCCC2)C1=O.CC=O. The summed E-state index contributed by atoms with van der Waals surface area (Å²) in [5.74, 6) is 0.571. The van der Waals surface area contributed by atoms with Crippen molar-refractivity contribution in [3.05, 3.63) is 0 Å². The van der Waals surface area contributed by atoms with Crippen LogP contribution < -0.4 is 0 Å². The van der Waals surface area contributed by atoms with Gasteiger partial charge in [-0.05, 0) is 25.7 Å². The summed E-state index contributed by atoms with van der Waals surface area (Å²) in [6.07, 6.45) is 7.38. The van der Waals surface area contributed by atoms with E-state index in [0.717, 1.165) is 6.29 Å². The van der Waals surface area contributed by atoms with E-state index in [-0.39, 0.29) is 17.7 Å². The van der Waals surface area contributed by atoms with Crippen molar-refractivity contribution >= 4 is 18.1 Å². The number of likely N-dealkylation sites (tertiary alicyclic amines) is 1. The molecule has 0 bridgehead atoms. The molecule has 2 amide bonds. The van der Waals surface area contributed by atoms with Crippen LogP contribution in [0.5, 0.6) is 0 Å².